The Morgan fingerprint density at radius 1 is 1.75 bits per heavy atom. The van der Waals surface area contributed by atoms with Crippen molar-refractivity contribution in [1.29, 1.82) is 0 Å². The van der Waals surface area contributed by atoms with Gasteiger partial charge in [0.05, 0.1) is 12.5 Å². The maximum Gasteiger partial charge on any atom is 0.303 e. The van der Waals surface area contributed by atoms with Crippen molar-refractivity contribution in [2.45, 2.75) is 6.42 Å². The average Bonchev–Trinajstić information content (AvgIpc) is 1.90. The Morgan fingerprint density at radius 2 is 2.62 bits per heavy atom. The van der Waals surface area contributed by atoms with Crippen LogP contribution in [0.25, 0.3) is 5.53 Å². The second-order valence-corrected chi connectivity index (χ2v) is 1.49. The third-order valence-corrected chi connectivity index (χ3v) is 0.914. The van der Waals surface area contributed by atoms with Crippen molar-refractivity contribution in [3.05, 3.63) is 29.8 Å². The second-order valence-electron chi connectivity index (χ2n) is 1.49. The molecule has 39 valence electrons. The largest absolute Gasteiger partial charge is 0.361 e. The Labute approximate surface area is 47.8 Å². The van der Waals surface area contributed by atoms with Crippen molar-refractivity contribution in [3.63, 3.8) is 0 Å². The van der Waals surface area contributed by atoms with Crippen LogP contribution < -0.4 is 0 Å². The van der Waals surface area contributed by atoms with E-state index < -0.39 is 0 Å². The smallest absolute Gasteiger partial charge is 0.303 e. The molecule has 0 fully saturated rings. The maximum absolute atomic E-state index is 8.16. The van der Waals surface area contributed by atoms with E-state index in [-0.39, 0.29) is 0 Å². The number of hydrogen-bond acceptors (Lipinski definition) is 0. The molecule has 0 saturated carbocycles. The summed E-state index contributed by atoms with van der Waals surface area (Å²) < 4.78 is 0. The highest BCUT2D eigenvalue weighted by Crippen LogP contribution is 1.93. The second kappa shape index (κ2) is 2.24. The molecule has 0 heterocycles. The fraction of sp³-hybridized carbons (Fsp3) is 0.167. The molecule has 0 aliphatic heterocycles. The molecule has 0 bridgehead atoms. The van der Waals surface area contributed by atoms with Crippen LogP contribution in [-0.2, 0) is 0 Å². The lowest BCUT2D eigenvalue weighted by Crippen LogP contribution is -1.94. The monoisotopic (exact) mass is 105 g/mol. The van der Waals surface area contributed by atoms with Crippen LogP contribution in [0.5, 0.6) is 0 Å². The van der Waals surface area contributed by atoms with Crippen LogP contribution in [0.15, 0.2) is 18.2 Å². The predicted octanol–water partition coefficient (Wildman–Crippen LogP) is 0.976. The highest BCUT2D eigenvalue weighted by Gasteiger charge is 2.01. The molecule has 0 N–H and O–H groups in total. The Hall–Kier alpha value is -1.14. The van der Waals surface area contributed by atoms with Crippen LogP contribution in [0, 0.1) is 6.08 Å². The molecule has 2 heteroatoms. The van der Waals surface area contributed by atoms with Crippen LogP contribution in [0.2, 0.25) is 0 Å². The van der Waals surface area contributed by atoms with Gasteiger partial charge in [0.1, 0.15) is 0 Å². The summed E-state index contributed by atoms with van der Waals surface area (Å²) in [7, 11) is 0. The SMILES string of the molecule is [N-]=[N+]=C1[C]=CC=CC1. The third-order valence-electron chi connectivity index (χ3n) is 0.914. The minimum atomic E-state index is 0.590. The summed E-state index contributed by atoms with van der Waals surface area (Å²) >= 11 is 0. The molecule has 0 atom stereocenters. The highest BCUT2D eigenvalue weighted by molar-refractivity contribution is 5.88. The van der Waals surface area contributed by atoms with Gasteiger partial charge in [-0.25, -0.2) is 0 Å². The van der Waals surface area contributed by atoms with Gasteiger partial charge in [-0.3, -0.25) is 0 Å². The number of allylic oxidation sites excluding steroid dienone is 4. The highest BCUT2D eigenvalue weighted by atomic mass is 14.8. The topological polar surface area (TPSA) is 36.4 Å². The summed E-state index contributed by atoms with van der Waals surface area (Å²) in [4.78, 5) is 2.97. The molecule has 0 unspecified atom stereocenters. The maximum atomic E-state index is 8.16. The first-order valence-electron chi connectivity index (χ1n) is 2.39. The van der Waals surface area contributed by atoms with Crippen molar-refractivity contribution >= 4 is 5.71 Å². The molecule has 1 aliphatic rings. The molecular weight excluding hydrogens is 100 g/mol. The Morgan fingerprint density at radius 3 is 3.00 bits per heavy atom. The zero-order chi connectivity index (χ0) is 5.82. The minimum Gasteiger partial charge on any atom is -0.361 e. The van der Waals surface area contributed by atoms with Crippen LogP contribution >= 0.6 is 0 Å². The molecule has 8 heavy (non-hydrogen) atoms. The lowest BCUT2D eigenvalue weighted by molar-refractivity contribution is -0.00604. The van der Waals surface area contributed by atoms with E-state index in [1.165, 1.54) is 0 Å². The molecule has 0 aromatic heterocycles. The molecule has 2 nitrogen and oxygen atoms in total. The van der Waals surface area contributed by atoms with E-state index in [0.29, 0.717) is 12.1 Å². The van der Waals surface area contributed by atoms with Gasteiger partial charge in [-0.05, 0) is 6.08 Å². The van der Waals surface area contributed by atoms with Gasteiger partial charge in [0.15, 0.2) is 0 Å². The first-order valence-corrected chi connectivity index (χ1v) is 2.39. The first kappa shape index (κ1) is 5.01. The van der Waals surface area contributed by atoms with E-state index in [9.17, 15) is 0 Å². The summed E-state index contributed by atoms with van der Waals surface area (Å²) in [6, 6.07) is 0. The van der Waals surface area contributed by atoms with Gasteiger partial charge in [-0.15, -0.1) is 0 Å². The molecule has 0 amide bonds. The standard InChI is InChI=1S/C6H5N2/c7-8-6-4-2-1-3-5-6/h1-3H,4H2. The van der Waals surface area contributed by atoms with Gasteiger partial charge >= 0.3 is 5.71 Å². The van der Waals surface area contributed by atoms with Gasteiger partial charge in [-0.1, -0.05) is 12.2 Å². The third kappa shape index (κ3) is 0.922. The molecule has 1 rings (SSSR count). The fourth-order valence-electron chi connectivity index (χ4n) is 0.521. The average molecular weight is 105 g/mol. The normalized spacial score (nSPS) is 16.2. The van der Waals surface area contributed by atoms with E-state index >= 15 is 0 Å². The fourth-order valence-corrected chi connectivity index (χ4v) is 0.521. The van der Waals surface area contributed by atoms with Gasteiger partial charge in [0.2, 0.25) is 0 Å². The van der Waals surface area contributed by atoms with Gasteiger partial charge in [-0.2, -0.15) is 4.79 Å². The molecule has 0 spiro atoms. The van der Waals surface area contributed by atoms with E-state index in [1.807, 2.05) is 12.2 Å². The Kier molecular flexibility index (Phi) is 1.40. The van der Waals surface area contributed by atoms with Crippen LogP contribution in [0.4, 0.5) is 0 Å². The molecule has 1 aliphatic carbocycles. The zero-order valence-electron chi connectivity index (χ0n) is 4.33. The molecule has 1 radical (unpaired) electrons. The first-order chi connectivity index (χ1) is 3.93. The number of rotatable bonds is 0. The van der Waals surface area contributed by atoms with Crippen molar-refractivity contribution in [2.75, 3.05) is 0 Å². The zero-order valence-corrected chi connectivity index (χ0v) is 4.33. The van der Waals surface area contributed by atoms with Crippen LogP contribution in [0.3, 0.4) is 0 Å². The summed E-state index contributed by atoms with van der Waals surface area (Å²) in [6.07, 6.45) is 8.94. The lowest BCUT2D eigenvalue weighted by Gasteiger charge is -1.84. The van der Waals surface area contributed by atoms with Crippen LogP contribution in [0.1, 0.15) is 6.42 Å². The minimum absolute atomic E-state index is 0.590. The number of nitrogens with zero attached hydrogens (tertiary/aromatic N) is 2. The van der Waals surface area contributed by atoms with Crippen molar-refractivity contribution in [2.24, 2.45) is 0 Å². The van der Waals surface area contributed by atoms with Crippen molar-refractivity contribution < 1.29 is 4.79 Å². The van der Waals surface area contributed by atoms with Gasteiger partial charge in [0, 0.05) is 0 Å². The summed E-state index contributed by atoms with van der Waals surface area (Å²) in [6.45, 7) is 0. The van der Waals surface area contributed by atoms with E-state index in [2.05, 4.69) is 10.9 Å². The summed E-state index contributed by atoms with van der Waals surface area (Å²) in [5, 5.41) is 0. The summed E-state index contributed by atoms with van der Waals surface area (Å²) in [5.74, 6) is 0. The van der Waals surface area contributed by atoms with E-state index in [0.717, 1.165) is 0 Å². The summed E-state index contributed by atoms with van der Waals surface area (Å²) in [5.41, 5.74) is 8.75. The van der Waals surface area contributed by atoms with E-state index in [4.69, 9.17) is 5.53 Å². The van der Waals surface area contributed by atoms with Crippen molar-refractivity contribution in [3.8, 4) is 0 Å². The van der Waals surface area contributed by atoms with E-state index in [1.54, 1.807) is 6.08 Å². The van der Waals surface area contributed by atoms with Crippen LogP contribution in [-0.4, -0.2) is 10.5 Å². The molecular formula is C6H5N2. The quantitative estimate of drug-likeness (QED) is 0.325. The van der Waals surface area contributed by atoms with Gasteiger partial charge < -0.3 is 5.53 Å². The predicted molar refractivity (Wildman–Crippen MR) is 30.2 cm³/mol. The van der Waals surface area contributed by atoms with Gasteiger partial charge in [0.25, 0.3) is 0 Å². The lowest BCUT2D eigenvalue weighted by atomic mass is 10.2. The number of hydrogen-bond donors (Lipinski definition) is 0. The molecule has 0 saturated heterocycles. The molecule has 0 aromatic rings. The Balaban J connectivity index is 2.80. The van der Waals surface area contributed by atoms with Crippen molar-refractivity contribution in [1.82, 2.24) is 0 Å². The Bertz CT molecular complexity index is 183. The molecule has 0 aromatic carbocycles.